The van der Waals surface area contributed by atoms with Gasteiger partial charge in [-0.05, 0) is 51.7 Å². The Bertz CT molecular complexity index is 277. The lowest BCUT2D eigenvalue weighted by Crippen LogP contribution is -2.41. The molecule has 1 aliphatic carbocycles. The summed E-state index contributed by atoms with van der Waals surface area (Å²) in [5.41, 5.74) is 0.367. The number of likely N-dealkylation sites (N-methyl/N-ethyl adjacent to an activating group) is 1. The molecule has 2 aliphatic rings. The average molecular weight is 221 g/mol. The molecule has 1 heterocycles. The minimum Gasteiger partial charge on any atom is -0.305 e. The molecule has 0 aromatic carbocycles. The van der Waals surface area contributed by atoms with E-state index in [2.05, 4.69) is 29.8 Å². The van der Waals surface area contributed by atoms with Crippen molar-refractivity contribution in [2.45, 2.75) is 38.6 Å². The van der Waals surface area contributed by atoms with Gasteiger partial charge in [0.2, 0.25) is 0 Å². The van der Waals surface area contributed by atoms with E-state index in [4.69, 9.17) is 5.26 Å². The molecule has 0 bridgehead atoms. The zero-order valence-electron chi connectivity index (χ0n) is 10.6. The van der Waals surface area contributed by atoms with Crippen LogP contribution in [0, 0.1) is 16.7 Å². The highest BCUT2D eigenvalue weighted by Gasteiger charge is 2.44. The summed E-state index contributed by atoms with van der Waals surface area (Å²) in [6, 6.07) is 3.00. The summed E-state index contributed by atoms with van der Waals surface area (Å²) in [5, 5.41) is 8.86. The monoisotopic (exact) mass is 221 g/mol. The summed E-state index contributed by atoms with van der Waals surface area (Å²) in [7, 11) is 2.21. The first-order valence-corrected chi connectivity index (χ1v) is 6.45. The Morgan fingerprint density at radius 1 is 1.38 bits per heavy atom. The molecule has 0 N–H and O–H groups in total. The smallest absolute Gasteiger partial charge is 0.0628 e. The van der Waals surface area contributed by atoms with Crippen molar-refractivity contribution in [2.24, 2.45) is 5.41 Å². The fourth-order valence-electron chi connectivity index (χ4n) is 2.82. The van der Waals surface area contributed by atoms with E-state index in [-0.39, 0.29) is 0 Å². The summed E-state index contributed by atoms with van der Waals surface area (Å²) in [5.74, 6) is 0. The lowest BCUT2D eigenvalue weighted by molar-refractivity contribution is 0.166. The van der Waals surface area contributed by atoms with Crippen LogP contribution in [0.25, 0.3) is 0 Å². The first-order valence-electron chi connectivity index (χ1n) is 6.45. The van der Waals surface area contributed by atoms with Crippen molar-refractivity contribution in [3.8, 4) is 6.07 Å². The topological polar surface area (TPSA) is 30.3 Å². The van der Waals surface area contributed by atoms with Crippen LogP contribution in [0.2, 0.25) is 0 Å². The minimum absolute atomic E-state index is 0.367. The predicted octanol–water partition coefficient (Wildman–Crippen LogP) is 1.71. The van der Waals surface area contributed by atoms with E-state index >= 15 is 0 Å². The van der Waals surface area contributed by atoms with Crippen molar-refractivity contribution in [3.63, 3.8) is 0 Å². The van der Waals surface area contributed by atoms with Crippen LogP contribution in [0.1, 0.15) is 32.6 Å². The lowest BCUT2D eigenvalue weighted by atomic mass is 10.0. The summed E-state index contributed by atoms with van der Waals surface area (Å²) >= 11 is 0. The minimum atomic E-state index is 0.367. The van der Waals surface area contributed by atoms with Crippen molar-refractivity contribution in [2.75, 3.05) is 33.2 Å². The maximum absolute atomic E-state index is 8.86. The predicted molar refractivity (Wildman–Crippen MR) is 65.0 cm³/mol. The SMILES string of the molecule is CC1CN(C)CCCN1CC1(CC#N)CC1. The zero-order valence-corrected chi connectivity index (χ0v) is 10.6. The number of hydrogen-bond acceptors (Lipinski definition) is 3. The van der Waals surface area contributed by atoms with Gasteiger partial charge in [-0.2, -0.15) is 5.26 Å². The third-order valence-electron chi connectivity index (χ3n) is 4.13. The molecule has 1 atom stereocenters. The normalized spacial score (nSPS) is 30.7. The van der Waals surface area contributed by atoms with E-state index in [0.29, 0.717) is 11.5 Å². The molecule has 90 valence electrons. The molecule has 3 nitrogen and oxygen atoms in total. The standard InChI is InChI=1S/C13H23N3/c1-12-10-15(2)8-3-9-16(12)11-13(4-5-13)6-7-14/h12H,3-6,8-11H2,1-2H3. The first kappa shape index (κ1) is 11.9. The van der Waals surface area contributed by atoms with E-state index in [1.165, 1.54) is 38.9 Å². The molecule has 2 rings (SSSR count). The van der Waals surface area contributed by atoms with Crippen LogP contribution in [-0.2, 0) is 0 Å². The van der Waals surface area contributed by atoms with Crippen LogP contribution in [0.3, 0.4) is 0 Å². The maximum atomic E-state index is 8.86. The molecule has 1 saturated carbocycles. The molecular weight excluding hydrogens is 198 g/mol. The molecule has 0 spiro atoms. The van der Waals surface area contributed by atoms with Gasteiger partial charge in [-0.15, -0.1) is 0 Å². The van der Waals surface area contributed by atoms with Crippen molar-refractivity contribution >= 4 is 0 Å². The van der Waals surface area contributed by atoms with Crippen LogP contribution in [0.15, 0.2) is 0 Å². The second-order valence-electron chi connectivity index (χ2n) is 5.77. The highest BCUT2D eigenvalue weighted by molar-refractivity contribution is 5.01. The maximum Gasteiger partial charge on any atom is 0.0628 e. The Morgan fingerprint density at radius 3 is 2.75 bits per heavy atom. The Morgan fingerprint density at radius 2 is 2.12 bits per heavy atom. The first-order chi connectivity index (χ1) is 7.65. The van der Waals surface area contributed by atoms with E-state index in [1.807, 2.05) is 0 Å². The summed E-state index contributed by atoms with van der Waals surface area (Å²) < 4.78 is 0. The third kappa shape index (κ3) is 2.75. The molecule has 0 aromatic rings. The highest BCUT2D eigenvalue weighted by Crippen LogP contribution is 2.49. The van der Waals surface area contributed by atoms with Gasteiger partial charge in [0, 0.05) is 25.6 Å². The number of nitrogens with zero attached hydrogens (tertiary/aromatic N) is 3. The van der Waals surface area contributed by atoms with E-state index in [0.717, 1.165) is 13.0 Å². The average Bonchev–Trinajstić information content (AvgIpc) is 2.97. The molecule has 16 heavy (non-hydrogen) atoms. The van der Waals surface area contributed by atoms with Gasteiger partial charge in [-0.1, -0.05) is 0 Å². The van der Waals surface area contributed by atoms with Crippen LogP contribution in [-0.4, -0.2) is 49.1 Å². The Balaban J connectivity index is 1.91. The Hall–Kier alpha value is -0.590. The van der Waals surface area contributed by atoms with Crippen LogP contribution < -0.4 is 0 Å². The van der Waals surface area contributed by atoms with Crippen LogP contribution >= 0.6 is 0 Å². The number of rotatable bonds is 3. The van der Waals surface area contributed by atoms with Crippen LogP contribution in [0.5, 0.6) is 0 Å². The van der Waals surface area contributed by atoms with Gasteiger partial charge in [0.25, 0.3) is 0 Å². The van der Waals surface area contributed by atoms with Gasteiger partial charge in [-0.3, -0.25) is 4.90 Å². The largest absolute Gasteiger partial charge is 0.305 e. The Kier molecular flexibility index (Phi) is 3.51. The van der Waals surface area contributed by atoms with Crippen molar-refractivity contribution in [3.05, 3.63) is 0 Å². The fourth-order valence-corrected chi connectivity index (χ4v) is 2.82. The number of hydrogen-bond donors (Lipinski definition) is 0. The van der Waals surface area contributed by atoms with Crippen LogP contribution in [0.4, 0.5) is 0 Å². The summed E-state index contributed by atoms with van der Waals surface area (Å²) in [6.07, 6.45) is 4.55. The van der Waals surface area contributed by atoms with Crippen molar-refractivity contribution < 1.29 is 0 Å². The molecule has 2 fully saturated rings. The summed E-state index contributed by atoms with van der Waals surface area (Å²) in [6.45, 7) is 7.06. The second-order valence-corrected chi connectivity index (χ2v) is 5.77. The Labute approximate surface area is 99.0 Å². The molecule has 1 unspecified atom stereocenters. The number of nitriles is 1. The van der Waals surface area contributed by atoms with Gasteiger partial charge < -0.3 is 4.90 Å². The molecule has 1 saturated heterocycles. The third-order valence-corrected chi connectivity index (χ3v) is 4.13. The van der Waals surface area contributed by atoms with E-state index in [1.54, 1.807) is 0 Å². The zero-order chi connectivity index (χ0) is 11.6. The van der Waals surface area contributed by atoms with Gasteiger partial charge in [0.1, 0.15) is 0 Å². The highest BCUT2D eigenvalue weighted by atomic mass is 15.2. The molecular formula is C13H23N3. The molecule has 0 amide bonds. The van der Waals surface area contributed by atoms with E-state index in [9.17, 15) is 0 Å². The summed E-state index contributed by atoms with van der Waals surface area (Å²) in [4.78, 5) is 5.03. The van der Waals surface area contributed by atoms with Gasteiger partial charge >= 0.3 is 0 Å². The van der Waals surface area contributed by atoms with Crippen molar-refractivity contribution in [1.82, 2.24) is 9.80 Å². The lowest BCUT2D eigenvalue weighted by Gasteiger charge is -2.30. The fraction of sp³-hybridized carbons (Fsp3) is 0.923. The second kappa shape index (κ2) is 4.73. The molecule has 3 heteroatoms. The van der Waals surface area contributed by atoms with Gasteiger partial charge in [0.05, 0.1) is 6.07 Å². The van der Waals surface area contributed by atoms with Crippen molar-refractivity contribution in [1.29, 1.82) is 5.26 Å². The van der Waals surface area contributed by atoms with Gasteiger partial charge in [0.15, 0.2) is 0 Å². The molecule has 0 radical (unpaired) electrons. The van der Waals surface area contributed by atoms with Gasteiger partial charge in [-0.25, -0.2) is 0 Å². The molecule has 1 aliphatic heterocycles. The quantitative estimate of drug-likeness (QED) is 0.727. The molecule has 0 aromatic heterocycles. The van der Waals surface area contributed by atoms with E-state index < -0.39 is 0 Å².